The van der Waals surface area contributed by atoms with E-state index in [-0.39, 0.29) is 5.41 Å². The summed E-state index contributed by atoms with van der Waals surface area (Å²) >= 11 is 1.93. The normalized spacial score (nSPS) is 13.4. The van der Waals surface area contributed by atoms with Crippen LogP contribution < -0.4 is 0 Å². The molecule has 0 saturated carbocycles. The molecule has 2 heterocycles. The van der Waals surface area contributed by atoms with Gasteiger partial charge in [-0.05, 0) is 91.7 Å². The highest BCUT2D eigenvalue weighted by molar-refractivity contribution is 7.27. The van der Waals surface area contributed by atoms with Crippen LogP contribution in [0.15, 0.2) is 176 Å². The molecule has 1 nitrogen and oxygen atoms in total. The van der Waals surface area contributed by atoms with Crippen molar-refractivity contribution in [2.75, 3.05) is 0 Å². The first-order valence-electron chi connectivity index (χ1n) is 19.2. The predicted molar refractivity (Wildman–Crippen MR) is 237 cm³/mol. The Bertz CT molecular complexity index is 3380. The molecular formula is C53H35NS. The lowest BCUT2D eigenvalue weighted by Crippen LogP contribution is -2.14. The topological polar surface area (TPSA) is 4.93 Å². The lowest BCUT2D eigenvalue weighted by Gasteiger charge is -2.22. The van der Waals surface area contributed by atoms with E-state index in [1.165, 1.54) is 114 Å². The zero-order valence-electron chi connectivity index (χ0n) is 30.6. The van der Waals surface area contributed by atoms with Crippen LogP contribution in [0.2, 0.25) is 0 Å². The number of nitrogens with zero attached hydrogens (tertiary/aromatic N) is 1. The molecule has 9 aromatic carbocycles. The Kier molecular flexibility index (Phi) is 6.34. The highest BCUT2D eigenvalue weighted by atomic mass is 32.1. The maximum Gasteiger partial charge on any atom is 0.0626 e. The molecule has 1 aliphatic carbocycles. The van der Waals surface area contributed by atoms with E-state index in [9.17, 15) is 0 Å². The number of thiophene rings is 1. The highest BCUT2D eigenvalue weighted by Gasteiger charge is 2.35. The van der Waals surface area contributed by atoms with Gasteiger partial charge in [-0.1, -0.05) is 153 Å². The van der Waals surface area contributed by atoms with Crippen molar-refractivity contribution in [1.29, 1.82) is 0 Å². The molecule has 1 aliphatic rings. The number of aromatic nitrogens is 1. The van der Waals surface area contributed by atoms with Gasteiger partial charge in [0, 0.05) is 52.8 Å². The quantitative estimate of drug-likeness (QED) is 0.171. The maximum atomic E-state index is 2.53. The van der Waals surface area contributed by atoms with E-state index in [2.05, 4.69) is 194 Å². The molecule has 0 fully saturated rings. The second-order valence-electron chi connectivity index (χ2n) is 15.6. The first kappa shape index (κ1) is 30.9. The minimum atomic E-state index is -0.0472. The number of fused-ring (bicyclic) bond motifs is 15. The molecule has 12 rings (SSSR count). The van der Waals surface area contributed by atoms with Gasteiger partial charge < -0.3 is 4.57 Å². The Morgan fingerprint density at radius 3 is 1.95 bits per heavy atom. The third-order valence-electron chi connectivity index (χ3n) is 12.4. The molecule has 2 heteroatoms. The van der Waals surface area contributed by atoms with E-state index in [0.717, 1.165) is 0 Å². The van der Waals surface area contributed by atoms with Crippen molar-refractivity contribution in [3.63, 3.8) is 0 Å². The summed E-state index contributed by atoms with van der Waals surface area (Å²) in [6.45, 7) is 4.74. The Balaban J connectivity index is 1.18. The van der Waals surface area contributed by atoms with Crippen molar-refractivity contribution < 1.29 is 0 Å². The Hall–Kier alpha value is -6.48. The number of hydrogen-bond donors (Lipinski definition) is 0. The summed E-state index contributed by atoms with van der Waals surface area (Å²) < 4.78 is 5.20. The van der Waals surface area contributed by atoms with Crippen LogP contribution in [0.5, 0.6) is 0 Å². The lowest BCUT2D eigenvalue weighted by molar-refractivity contribution is 0.660. The van der Waals surface area contributed by atoms with E-state index in [1.807, 2.05) is 11.3 Å². The van der Waals surface area contributed by atoms with Crippen LogP contribution in [0.25, 0.3) is 103 Å². The SMILES string of the molecule is CC1(C)c2ccccc2-c2ccc(-c3ccc4sc5c6ccccc6c6c(c5c4c3)c3c4ccccc4ccc3n6-c3ccc(-c4ccccc4)cc3)cc21. The fraction of sp³-hybridized carbons (Fsp3) is 0.0566. The van der Waals surface area contributed by atoms with Gasteiger partial charge in [-0.3, -0.25) is 0 Å². The van der Waals surface area contributed by atoms with Crippen molar-refractivity contribution >= 4 is 74.9 Å². The molecule has 0 saturated heterocycles. The van der Waals surface area contributed by atoms with E-state index in [1.54, 1.807) is 0 Å². The molecule has 0 bridgehead atoms. The van der Waals surface area contributed by atoms with Gasteiger partial charge >= 0.3 is 0 Å². The van der Waals surface area contributed by atoms with Crippen molar-refractivity contribution in [2.45, 2.75) is 19.3 Å². The van der Waals surface area contributed by atoms with Crippen LogP contribution in [0.1, 0.15) is 25.0 Å². The first-order valence-corrected chi connectivity index (χ1v) is 20.0. The number of benzene rings is 9. The van der Waals surface area contributed by atoms with Crippen molar-refractivity contribution in [3.8, 4) is 39.1 Å². The molecule has 258 valence electrons. The zero-order chi connectivity index (χ0) is 36.4. The van der Waals surface area contributed by atoms with Crippen LogP contribution in [0.4, 0.5) is 0 Å². The van der Waals surface area contributed by atoms with E-state index >= 15 is 0 Å². The summed E-state index contributed by atoms with van der Waals surface area (Å²) in [7, 11) is 0. The predicted octanol–water partition coefficient (Wildman–Crippen LogP) is 15.1. The second kappa shape index (κ2) is 11.3. The maximum absolute atomic E-state index is 2.53. The summed E-state index contributed by atoms with van der Waals surface area (Å²) in [5, 5.41) is 10.5. The fourth-order valence-electron chi connectivity index (χ4n) is 9.75. The average Bonchev–Trinajstić information content (AvgIpc) is 3.87. The smallest absolute Gasteiger partial charge is 0.0626 e. The Labute approximate surface area is 323 Å². The first-order chi connectivity index (χ1) is 27.0. The van der Waals surface area contributed by atoms with Crippen LogP contribution >= 0.6 is 11.3 Å². The molecular weight excluding hydrogens is 683 g/mol. The van der Waals surface area contributed by atoms with E-state index in [4.69, 9.17) is 0 Å². The third-order valence-corrected chi connectivity index (χ3v) is 13.6. The van der Waals surface area contributed by atoms with Crippen molar-refractivity contribution in [2.24, 2.45) is 0 Å². The largest absolute Gasteiger partial charge is 0.309 e. The van der Waals surface area contributed by atoms with Gasteiger partial charge in [-0.15, -0.1) is 11.3 Å². The molecule has 55 heavy (non-hydrogen) atoms. The Morgan fingerprint density at radius 1 is 0.436 bits per heavy atom. The summed E-state index contributed by atoms with van der Waals surface area (Å²) in [6.07, 6.45) is 0. The van der Waals surface area contributed by atoms with Gasteiger partial charge in [0.25, 0.3) is 0 Å². The van der Waals surface area contributed by atoms with Gasteiger partial charge in [0.05, 0.1) is 11.0 Å². The van der Waals surface area contributed by atoms with Gasteiger partial charge in [0.1, 0.15) is 0 Å². The molecule has 11 aromatic rings. The van der Waals surface area contributed by atoms with Gasteiger partial charge in [0.2, 0.25) is 0 Å². The minimum Gasteiger partial charge on any atom is -0.309 e. The highest BCUT2D eigenvalue weighted by Crippen LogP contribution is 2.52. The zero-order valence-corrected chi connectivity index (χ0v) is 31.4. The van der Waals surface area contributed by atoms with Crippen LogP contribution in [-0.4, -0.2) is 4.57 Å². The van der Waals surface area contributed by atoms with Crippen LogP contribution in [0, 0.1) is 0 Å². The molecule has 2 aromatic heterocycles. The standard InChI is InChI=1S/C53H35NS/c1-53(2)44-19-11-10-16-39(44)40-27-22-36(31-45(40)53)35-24-29-47-43(30-35)49-50-48-38-15-7-6-14-34(38)23-28-46(48)54(51(50)41-17-8-9-18-42(41)52(49)55-47)37-25-20-33(21-26-37)32-12-4-3-5-13-32/h3-31H,1-2H3. The molecule has 0 radical (unpaired) electrons. The fourth-order valence-corrected chi connectivity index (χ4v) is 11.0. The third kappa shape index (κ3) is 4.29. The molecule has 0 amide bonds. The van der Waals surface area contributed by atoms with Gasteiger partial charge in [-0.25, -0.2) is 0 Å². The Morgan fingerprint density at radius 2 is 1.09 bits per heavy atom. The molecule has 0 spiro atoms. The molecule has 0 aliphatic heterocycles. The van der Waals surface area contributed by atoms with Crippen molar-refractivity contribution in [3.05, 3.63) is 187 Å². The molecule has 0 atom stereocenters. The molecule has 0 unspecified atom stereocenters. The van der Waals surface area contributed by atoms with Crippen molar-refractivity contribution in [1.82, 2.24) is 4.57 Å². The minimum absolute atomic E-state index is 0.0472. The van der Waals surface area contributed by atoms with Crippen LogP contribution in [-0.2, 0) is 5.41 Å². The summed E-state index contributed by atoms with van der Waals surface area (Å²) in [4.78, 5) is 0. The van der Waals surface area contributed by atoms with E-state index < -0.39 is 0 Å². The van der Waals surface area contributed by atoms with Crippen LogP contribution in [0.3, 0.4) is 0 Å². The average molecular weight is 718 g/mol. The second-order valence-corrected chi connectivity index (χ2v) is 16.7. The lowest BCUT2D eigenvalue weighted by atomic mass is 9.81. The van der Waals surface area contributed by atoms with Gasteiger partial charge in [-0.2, -0.15) is 0 Å². The summed E-state index contributed by atoms with van der Waals surface area (Å²) in [5.74, 6) is 0. The number of hydrogen-bond acceptors (Lipinski definition) is 1. The summed E-state index contributed by atoms with van der Waals surface area (Å²) in [5.41, 5.74) is 14.1. The number of rotatable bonds is 3. The monoisotopic (exact) mass is 717 g/mol. The molecule has 0 N–H and O–H groups in total. The van der Waals surface area contributed by atoms with Gasteiger partial charge in [0.15, 0.2) is 0 Å². The van der Waals surface area contributed by atoms with E-state index in [0.29, 0.717) is 0 Å². The summed E-state index contributed by atoms with van der Waals surface area (Å²) in [6, 6.07) is 65.6.